The number of para-hydroxylation sites is 2. The van der Waals surface area contributed by atoms with Gasteiger partial charge in [0, 0.05) is 29.3 Å². The maximum absolute atomic E-state index is 12.7. The zero-order chi connectivity index (χ0) is 20.5. The zero-order valence-electron chi connectivity index (χ0n) is 16.1. The van der Waals surface area contributed by atoms with Crippen LogP contribution >= 0.6 is 0 Å². The van der Waals surface area contributed by atoms with Crippen LogP contribution in [0.1, 0.15) is 16.2 Å². The molecule has 5 rings (SSSR count). The summed E-state index contributed by atoms with van der Waals surface area (Å²) in [5.74, 6) is 1.43. The first kappa shape index (κ1) is 17.8. The maximum atomic E-state index is 12.7. The molecule has 0 bridgehead atoms. The van der Waals surface area contributed by atoms with E-state index in [-0.39, 0.29) is 5.91 Å². The fourth-order valence-corrected chi connectivity index (χ4v) is 3.21. The highest BCUT2D eigenvalue weighted by Gasteiger charge is 2.11. The molecule has 0 radical (unpaired) electrons. The normalized spacial score (nSPS) is 11.0. The summed E-state index contributed by atoms with van der Waals surface area (Å²) in [5.41, 5.74) is 4.74. The van der Waals surface area contributed by atoms with Crippen LogP contribution in [0.4, 0.5) is 5.69 Å². The van der Waals surface area contributed by atoms with E-state index in [2.05, 4.69) is 25.5 Å². The molecule has 0 aliphatic rings. The van der Waals surface area contributed by atoms with Crippen LogP contribution in [0.25, 0.3) is 33.9 Å². The molecule has 5 aromatic rings. The van der Waals surface area contributed by atoms with Crippen LogP contribution in [0.15, 0.2) is 77.2 Å². The zero-order valence-corrected chi connectivity index (χ0v) is 16.1. The monoisotopic (exact) mass is 395 g/mol. The molecule has 30 heavy (non-hydrogen) atoms. The molecule has 2 aromatic heterocycles. The van der Waals surface area contributed by atoms with Crippen molar-refractivity contribution in [2.75, 3.05) is 5.32 Å². The summed E-state index contributed by atoms with van der Waals surface area (Å²) in [6, 6.07) is 22.5. The van der Waals surface area contributed by atoms with Crippen molar-refractivity contribution < 1.29 is 9.21 Å². The first-order chi connectivity index (χ1) is 14.7. The van der Waals surface area contributed by atoms with Crippen LogP contribution in [0.2, 0.25) is 0 Å². The van der Waals surface area contributed by atoms with Crippen LogP contribution in [0.5, 0.6) is 0 Å². The molecule has 0 saturated heterocycles. The van der Waals surface area contributed by atoms with Crippen molar-refractivity contribution in [3.05, 3.63) is 84.3 Å². The lowest BCUT2D eigenvalue weighted by atomic mass is 10.1. The van der Waals surface area contributed by atoms with Gasteiger partial charge in [-0.05, 0) is 54.6 Å². The smallest absolute Gasteiger partial charge is 0.255 e. The van der Waals surface area contributed by atoms with Gasteiger partial charge < -0.3 is 14.7 Å². The Hall–Kier alpha value is -4.26. The minimum absolute atomic E-state index is 0.218. The summed E-state index contributed by atoms with van der Waals surface area (Å²) in [6.07, 6.45) is 0. The van der Waals surface area contributed by atoms with E-state index in [0.29, 0.717) is 28.6 Å². The highest BCUT2D eigenvalue weighted by atomic mass is 16.4. The molecule has 7 nitrogen and oxygen atoms in total. The SMILES string of the molecule is Cc1nnc(-c2cccc(C(=O)Nc3ccc(-c4nc5ccccc5[nH]4)cc3)c2)o1. The second kappa shape index (κ2) is 7.29. The number of H-pyrrole nitrogens is 1. The topological polar surface area (TPSA) is 96.7 Å². The Kier molecular flexibility index (Phi) is 4.33. The number of hydrogen-bond donors (Lipinski definition) is 2. The molecule has 0 unspecified atom stereocenters. The second-order valence-corrected chi connectivity index (χ2v) is 6.84. The summed E-state index contributed by atoms with van der Waals surface area (Å²) < 4.78 is 5.44. The number of aromatic nitrogens is 4. The van der Waals surface area contributed by atoms with E-state index in [1.807, 2.05) is 54.6 Å². The number of fused-ring (bicyclic) bond motifs is 1. The van der Waals surface area contributed by atoms with Crippen molar-refractivity contribution in [2.24, 2.45) is 0 Å². The van der Waals surface area contributed by atoms with E-state index >= 15 is 0 Å². The molecule has 0 aliphatic heterocycles. The van der Waals surface area contributed by atoms with E-state index in [0.717, 1.165) is 22.4 Å². The fraction of sp³-hybridized carbons (Fsp3) is 0.0435. The third-order valence-electron chi connectivity index (χ3n) is 4.70. The summed E-state index contributed by atoms with van der Waals surface area (Å²) in [7, 11) is 0. The number of carbonyl (C=O) groups excluding carboxylic acids is 1. The fourth-order valence-electron chi connectivity index (χ4n) is 3.21. The minimum atomic E-state index is -0.218. The molecular formula is C23H17N5O2. The first-order valence-electron chi connectivity index (χ1n) is 9.43. The van der Waals surface area contributed by atoms with Gasteiger partial charge in [-0.25, -0.2) is 4.98 Å². The first-order valence-corrected chi connectivity index (χ1v) is 9.43. The van der Waals surface area contributed by atoms with Gasteiger partial charge in [0.2, 0.25) is 11.8 Å². The molecule has 3 aromatic carbocycles. The largest absolute Gasteiger partial charge is 0.421 e. The lowest BCUT2D eigenvalue weighted by Crippen LogP contribution is -2.11. The van der Waals surface area contributed by atoms with Crippen molar-refractivity contribution in [3.8, 4) is 22.8 Å². The molecule has 7 heteroatoms. The number of rotatable bonds is 4. The van der Waals surface area contributed by atoms with Crippen molar-refractivity contribution in [2.45, 2.75) is 6.92 Å². The van der Waals surface area contributed by atoms with Gasteiger partial charge in [-0.3, -0.25) is 4.79 Å². The lowest BCUT2D eigenvalue weighted by Gasteiger charge is -2.07. The van der Waals surface area contributed by atoms with Gasteiger partial charge in [0.15, 0.2) is 0 Å². The van der Waals surface area contributed by atoms with Gasteiger partial charge in [0.1, 0.15) is 5.82 Å². The van der Waals surface area contributed by atoms with Crippen LogP contribution < -0.4 is 5.32 Å². The molecule has 0 saturated carbocycles. The Bertz CT molecular complexity index is 1320. The second-order valence-electron chi connectivity index (χ2n) is 6.84. The molecule has 0 fully saturated rings. The van der Waals surface area contributed by atoms with Crippen molar-refractivity contribution in [3.63, 3.8) is 0 Å². The van der Waals surface area contributed by atoms with Gasteiger partial charge in [-0.2, -0.15) is 0 Å². The third-order valence-corrected chi connectivity index (χ3v) is 4.70. The van der Waals surface area contributed by atoms with E-state index in [1.54, 1.807) is 25.1 Å². The molecule has 146 valence electrons. The summed E-state index contributed by atoms with van der Waals surface area (Å²) in [5, 5.41) is 10.7. The number of imidazole rings is 1. The number of aromatic amines is 1. The Morgan fingerprint density at radius 1 is 0.933 bits per heavy atom. The molecule has 1 amide bonds. The van der Waals surface area contributed by atoms with Crippen LogP contribution in [0, 0.1) is 6.92 Å². The average Bonchev–Trinajstić information content (AvgIpc) is 3.40. The quantitative estimate of drug-likeness (QED) is 0.454. The number of carbonyl (C=O) groups is 1. The number of nitrogens with zero attached hydrogens (tertiary/aromatic N) is 3. The lowest BCUT2D eigenvalue weighted by molar-refractivity contribution is 0.102. The highest BCUT2D eigenvalue weighted by Crippen LogP contribution is 2.23. The van der Waals surface area contributed by atoms with Crippen LogP contribution in [0.3, 0.4) is 0 Å². The molecule has 0 atom stereocenters. The summed E-state index contributed by atoms with van der Waals surface area (Å²) >= 11 is 0. The van der Waals surface area contributed by atoms with Gasteiger partial charge in [0.05, 0.1) is 11.0 Å². The van der Waals surface area contributed by atoms with Gasteiger partial charge in [0.25, 0.3) is 5.91 Å². The van der Waals surface area contributed by atoms with Gasteiger partial charge in [-0.1, -0.05) is 18.2 Å². The summed E-state index contributed by atoms with van der Waals surface area (Å²) in [6.45, 7) is 1.72. The van der Waals surface area contributed by atoms with E-state index in [1.165, 1.54) is 0 Å². The Labute approximate surface area is 171 Å². The molecule has 0 spiro atoms. The van der Waals surface area contributed by atoms with Gasteiger partial charge >= 0.3 is 0 Å². The van der Waals surface area contributed by atoms with Gasteiger partial charge in [-0.15, -0.1) is 10.2 Å². The van der Waals surface area contributed by atoms with Crippen molar-refractivity contribution >= 4 is 22.6 Å². The van der Waals surface area contributed by atoms with Crippen LogP contribution in [-0.4, -0.2) is 26.1 Å². The number of aryl methyl sites for hydroxylation is 1. The Morgan fingerprint density at radius 2 is 1.77 bits per heavy atom. The predicted octanol–water partition coefficient (Wildman–Crippen LogP) is 4.84. The summed E-state index contributed by atoms with van der Waals surface area (Å²) in [4.78, 5) is 20.6. The maximum Gasteiger partial charge on any atom is 0.255 e. The average molecular weight is 395 g/mol. The van der Waals surface area contributed by atoms with Crippen molar-refractivity contribution in [1.82, 2.24) is 20.2 Å². The Morgan fingerprint density at radius 3 is 2.53 bits per heavy atom. The number of amides is 1. The number of benzene rings is 3. The van der Waals surface area contributed by atoms with E-state index in [9.17, 15) is 4.79 Å². The standard InChI is InChI=1S/C23H17N5O2/c1-14-27-28-23(30-14)17-6-4-5-16(13-17)22(29)24-18-11-9-15(10-12-18)21-25-19-7-2-3-8-20(19)26-21/h2-13H,1H3,(H,24,29)(H,25,26). The minimum Gasteiger partial charge on any atom is -0.421 e. The van der Waals surface area contributed by atoms with Crippen LogP contribution in [-0.2, 0) is 0 Å². The highest BCUT2D eigenvalue weighted by molar-refractivity contribution is 6.04. The number of anilines is 1. The molecular weight excluding hydrogens is 378 g/mol. The van der Waals surface area contributed by atoms with E-state index < -0.39 is 0 Å². The predicted molar refractivity (Wildman–Crippen MR) is 114 cm³/mol. The van der Waals surface area contributed by atoms with Crippen molar-refractivity contribution in [1.29, 1.82) is 0 Å². The third kappa shape index (κ3) is 3.44. The Balaban J connectivity index is 1.34. The van der Waals surface area contributed by atoms with E-state index in [4.69, 9.17) is 4.42 Å². The molecule has 0 aliphatic carbocycles. The molecule has 2 N–H and O–H groups in total. The number of hydrogen-bond acceptors (Lipinski definition) is 5. The molecule has 2 heterocycles. The number of nitrogens with one attached hydrogen (secondary N) is 2.